The quantitative estimate of drug-likeness (QED) is 0.0489. The first-order valence-corrected chi connectivity index (χ1v) is 22.9. The van der Waals surface area contributed by atoms with Crippen LogP contribution in [0.15, 0.2) is 94.7 Å². The Morgan fingerprint density at radius 3 is 1.06 bits per heavy atom. The molecule has 0 saturated heterocycles. The minimum absolute atomic E-state index is 0. The van der Waals surface area contributed by atoms with Gasteiger partial charge in [0.1, 0.15) is 20.2 Å². The Balaban J connectivity index is 0.00000304. The molecule has 0 aliphatic carbocycles. The second kappa shape index (κ2) is 17.3. The van der Waals surface area contributed by atoms with Gasteiger partial charge in [0.25, 0.3) is 23.6 Å². The van der Waals surface area contributed by atoms with Crippen LogP contribution in [0.1, 0.15) is 41.4 Å². The molecule has 2 aliphatic heterocycles. The van der Waals surface area contributed by atoms with E-state index in [1.54, 1.807) is 24.3 Å². The zero-order valence-electron chi connectivity index (χ0n) is 35.5. The van der Waals surface area contributed by atoms with E-state index < -0.39 is 53.7 Å². The molecular formula is C42H20Cl2N12Na2O10S2. The van der Waals surface area contributed by atoms with Crippen LogP contribution in [0.2, 0.25) is 10.6 Å². The van der Waals surface area contributed by atoms with Gasteiger partial charge in [0.05, 0.1) is 32.5 Å². The van der Waals surface area contributed by atoms with E-state index in [4.69, 9.17) is 34.7 Å². The molecule has 9 aromatic rings. The number of aromatic nitrogens is 6. The molecule has 0 saturated carbocycles. The summed E-state index contributed by atoms with van der Waals surface area (Å²) in [5.74, 6) is -4.50. The third kappa shape index (κ3) is 7.72. The van der Waals surface area contributed by atoms with E-state index in [0.717, 1.165) is 34.1 Å². The Bertz CT molecular complexity index is 3700. The largest absolute Gasteiger partial charge is 1.00 e. The van der Waals surface area contributed by atoms with Gasteiger partial charge in [0.2, 0.25) is 34.4 Å². The number of carbonyl (C=O) groups excluding carboxylic acids is 4. The maximum absolute atomic E-state index is 14.4. The Labute approximate surface area is 446 Å². The Morgan fingerprint density at radius 1 is 0.457 bits per heavy atom. The van der Waals surface area contributed by atoms with Crippen LogP contribution in [0, 0.1) is 0 Å². The maximum atomic E-state index is 14.4. The standard InChI is InChI=1S/C42H22Cl2N12O10S2.2Na/c43-37-49-39(45)53-41(51-37)47-25-11-1-15(13-27(25)67(61,62)63)55-33(57)21-7-3-17-19-5-9-23-32-24(10-6-20(30(19)32)18-4-8-22(34(55)58)31(21)29(17)18)36(60)56(35(23)59)16-2-12-26(28(14-16)68(64,65)66)48-42-52-38(44)50-40(46)54-42;;/h1-14H,(H,61,62,63)(H,64,65,66)(H3,45,47,49,51,53)(H3,46,48,50,52,54);;/q;2*+1/p-2. The Morgan fingerprint density at radius 2 is 0.771 bits per heavy atom. The molecule has 0 spiro atoms. The van der Waals surface area contributed by atoms with Gasteiger partial charge in [-0.15, -0.1) is 0 Å². The van der Waals surface area contributed by atoms with Crippen molar-refractivity contribution >= 4 is 157 Å². The molecule has 28 heteroatoms. The minimum Gasteiger partial charge on any atom is -0.744 e. The summed E-state index contributed by atoms with van der Waals surface area (Å²) in [5.41, 5.74) is 10.4. The van der Waals surface area contributed by atoms with Crippen molar-refractivity contribution in [2.24, 2.45) is 0 Å². The zero-order chi connectivity index (χ0) is 47.9. The molecule has 11 rings (SSSR count). The summed E-state index contributed by atoms with van der Waals surface area (Å²) in [6, 6.07) is 19.1. The summed E-state index contributed by atoms with van der Waals surface area (Å²) in [5, 5.41) is 8.26. The topological polar surface area (TPSA) is 343 Å². The molecule has 70 heavy (non-hydrogen) atoms. The Hall–Kier alpha value is -6.26. The van der Waals surface area contributed by atoms with E-state index in [1.165, 1.54) is 36.4 Å². The van der Waals surface area contributed by atoms with Crippen molar-refractivity contribution in [1.29, 1.82) is 0 Å². The zero-order valence-corrected chi connectivity index (χ0v) is 42.6. The number of rotatable bonds is 8. The molecule has 4 amide bonds. The fourth-order valence-corrected chi connectivity index (χ4v) is 10.4. The van der Waals surface area contributed by atoms with E-state index in [-0.39, 0.29) is 149 Å². The molecule has 336 valence electrons. The number of nitrogens with zero attached hydrogens (tertiary/aromatic N) is 8. The average Bonchev–Trinajstić information content (AvgIpc) is 3.26. The van der Waals surface area contributed by atoms with Crippen molar-refractivity contribution in [3.63, 3.8) is 0 Å². The number of benzene rings is 7. The molecule has 0 radical (unpaired) electrons. The third-order valence-electron chi connectivity index (χ3n) is 11.4. The van der Waals surface area contributed by atoms with Crippen molar-refractivity contribution in [3.05, 3.63) is 118 Å². The van der Waals surface area contributed by atoms with Gasteiger partial charge in [-0.25, -0.2) is 26.6 Å². The number of hydrogen-bond donors (Lipinski definition) is 4. The van der Waals surface area contributed by atoms with Gasteiger partial charge in [-0.2, -0.15) is 29.9 Å². The number of carbonyl (C=O) groups is 4. The number of imide groups is 2. The van der Waals surface area contributed by atoms with Crippen LogP contribution in [0.5, 0.6) is 0 Å². The van der Waals surface area contributed by atoms with Gasteiger partial charge in [0.15, 0.2) is 0 Å². The first-order valence-electron chi connectivity index (χ1n) is 19.3. The van der Waals surface area contributed by atoms with Gasteiger partial charge in [0, 0.05) is 33.0 Å². The van der Waals surface area contributed by atoms with E-state index in [2.05, 4.69) is 40.5 Å². The van der Waals surface area contributed by atoms with Crippen LogP contribution in [0.4, 0.5) is 46.5 Å². The summed E-state index contributed by atoms with van der Waals surface area (Å²) in [6.45, 7) is 0. The third-order valence-corrected chi connectivity index (χ3v) is 13.5. The van der Waals surface area contributed by atoms with Crippen LogP contribution in [-0.4, -0.2) is 79.5 Å². The number of halogens is 2. The van der Waals surface area contributed by atoms with Crippen LogP contribution < -0.4 is 91.0 Å². The van der Waals surface area contributed by atoms with E-state index >= 15 is 0 Å². The summed E-state index contributed by atoms with van der Waals surface area (Å²) in [4.78, 5) is 80.0. The summed E-state index contributed by atoms with van der Waals surface area (Å²) in [6.07, 6.45) is 0. The van der Waals surface area contributed by atoms with E-state index in [9.17, 15) is 45.1 Å². The summed E-state index contributed by atoms with van der Waals surface area (Å²) >= 11 is 11.7. The number of amides is 4. The molecule has 0 atom stereocenters. The van der Waals surface area contributed by atoms with E-state index in [1.807, 2.05) is 0 Å². The average molecular weight is 1030 g/mol. The number of nitrogens with one attached hydrogen (secondary N) is 2. The van der Waals surface area contributed by atoms with Crippen LogP contribution in [-0.2, 0) is 20.2 Å². The molecule has 4 heterocycles. The monoisotopic (exact) mass is 1030 g/mol. The number of anilines is 8. The van der Waals surface area contributed by atoms with Crippen LogP contribution in [0.3, 0.4) is 0 Å². The second-order valence-corrected chi connectivity index (χ2v) is 18.5. The molecule has 0 fully saturated rings. The van der Waals surface area contributed by atoms with Gasteiger partial charge in [-0.1, -0.05) is 24.3 Å². The molecule has 2 aliphatic rings. The van der Waals surface area contributed by atoms with Gasteiger partial charge >= 0.3 is 59.1 Å². The summed E-state index contributed by atoms with van der Waals surface area (Å²) in [7, 11) is -10.5. The van der Waals surface area contributed by atoms with Crippen molar-refractivity contribution in [2.45, 2.75) is 9.79 Å². The van der Waals surface area contributed by atoms with Gasteiger partial charge in [-0.3, -0.25) is 19.2 Å². The first kappa shape index (κ1) is 48.8. The first-order chi connectivity index (χ1) is 32.3. The maximum Gasteiger partial charge on any atom is 1.00 e. The van der Waals surface area contributed by atoms with Crippen molar-refractivity contribution in [1.82, 2.24) is 29.9 Å². The molecular weight excluding hydrogens is 1010 g/mol. The van der Waals surface area contributed by atoms with Crippen LogP contribution >= 0.6 is 23.2 Å². The van der Waals surface area contributed by atoms with Crippen molar-refractivity contribution < 1.29 is 104 Å². The predicted octanol–water partition coefficient (Wildman–Crippen LogP) is -0.517. The van der Waals surface area contributed by atoms with E-state index in [0.29, 0.717) is 32.3 Å². The molecule has 2 aromatic heterocycles. The van der Waals surface area contributed by atoms with Gasteiger partial charge in [-0.05, 0) is 116 Å². The summed E-state index contributed by atoms with van der Waals surface area (Å²) < 4.78 is 75.3. The molecule has 0 bridgehead atoms. The molecule has 6 N–H and O–H groups in total. The minimum atomic E-state index is -5.26. The SMILES string of the molecule is Nc1nc(Cl)nc(Nc2ccc(N3C(=O)c4ccc5c6ccc7c8c(ccc(c9ccc(c4c59)C3=O)c86)C(=O)N(c3ccc(Nc4nc(N)nc(Cl)n4)c(S(=O)(=O)[O-])c3)C7=O)cc2S(=O)(=O)[O-])n1.[Na+].[Na+]. The number of hydrogen-bond acceptors (Lipinski definition) is 20. The number of fused-ring (bicyclic) bond motifs is 2. The number of nitrogen functional groups attached to an aromatic ring is 2. The molecule has 0 unspecified atom stereocenters. The fourth-order valence-electron chi connectivity index (χ4n) is 8.74. The molecule has 7 aromatic carbocycles. The smallest absolute Gasteiger partial charge is 0.744 e. The normalized spacial score (nSPS) is 13.6. The van der Waals surface area contributed by atoms with Crippen LogP contribution in [0.25, 0.3) is 43.1 Å². The predicted molar refractivity (Wildman–Crippen MR) is 244 cm³/mol. The second-order valence-electron chi connectivity index (χ2n) is 15.1. The van der Waals surface area contributed by atoms with Gasteiger partial charge < -0.3 is 31.2 Å². The molecule has 22 nitrogen and oxygen atoms in total. The fraction of sp³-hybridized carbons (Fsp3) is 0. The van der Waals surface area contributed by atoms with Crippen molar-refractivity contribution in [2.75, 3.05) is 31.9 Å². The Kier molecular flexibility index (Phi) is 12.0. The van der Waals surface area contributed by atoms with Crippen molar-refractivity contribution in [3.8, 4) is 0 Å². The number of nitrogens with two attached hydrogens (primary N) is 2.